The lowest BCUT2D eigenvalue weighted by Gasteiger charge is -2.33. The quantitative estimate of drug-likeness (QED) is 0.741. The number of hydrogen-bond acceptors (Lipinski definition) is 5. The first-order valence-electron chi connectivity index (χ1n) is 8.08. The zero-order valence-corrected chi connectivity index (χ0v) is 13.2. The van der Waals surface area contributed by atoms with Crippen molar-refractivity contribution >= 4 is 0 Å². The van der Waals surface area contributed by atoms with Gasteiger partial charge in [0.1, 0.15) is 11.4 Å². The van der Waals surface area contributed by atoms with Crippen LogP contribution in [0.4, 0.5) is 0 Å². The Morgan fingerprint density at radius 2 is 1.88 bits per heavy atom. The van der Waals surface area contributed by atoms with Crippen LogP contribution < -0.4 is 16.6 Å². The summed E-state index contributed by atoms with van der Waals surface area (Å²) in [5, 5.41) is 12.7. The molecule has 126 valence electrons. The van der Waals surface area contributed by atoms with E-state index in [9.17, 15) is 14.7 Å². The summed E-state index contributed by atoms with van der Waals surface area (Å²) in [6.45, 7) is 2.18. The van der Waals surface area contributed by atoms with E-state index in [2.05, 4.69) is 10.3 Å². The van der Waals surface area contributed by atoms with Gasteiger partial charge in [0.05, 0.1) is 24.4 Å². The number of nitrogens with one attached hydrogen (secondary N) is 2. The van der Waals surface area contributed by atoms with Crippen LogP contribution in [0.3, 0.4) is 0 Å². The summed E-state index contributed by atoms with van der Waals surface area (Å²) >= 11 is 0. The molecule has 0 amide bonds. The Bertz CT molecular complexity index is 876. The van der Waals surface area contributed by atoms with Gasteiger partial charge in [-0.25, -0.2) is 4.79 Å². The molecule has 1 fully saturated rings. The van der Waals surface area contributed by atoms with Crippen molar-refractivity contribution in [1.82, 2.24) is 14.9 Å². The maximum absolute atomic E-state index is 12.5. The van der Waals surface area contributed by atoms with Gasteiger partial charge in [-0.1, -0.05) is 12.1 Å². The van der Waals surface area contributed by atoms with Crippen LogP contribution in [-0.2, 0) is 23.5 Å². The van der Waals surface area contributed by atoms with Crippen LogP contribution in [0.5, 0.6) is 5.75 Å². The first-order valence-corrected chi connectivity index (χ1v) is 8.08. The molecule has 0 atom stereocenters. The minimum atomic E-state index is -0.585. The highest BCUT2D eigenvalue weighted by Crippen LogP contribution is 2.40. The third-order valence-corrected chi connectivity index (χ3v) is 4.94. The van der Waals surface area contributed by atoms with Gasteiger partial charge in [-0.3, -0.25) is 14.3 Å². The van der Waals surface area contributed by atoms with Gasteiger partial charge in [0.15, 0.2) is 0 Å². The van der Waals surface area contributed by atoms with Crippen molar-refractivity contribution in [2.24, 2.45) is 0 Å². The van der Waals surface area contributed by atoms with Crippen molar-refractivity contribution < 1.29 is 9.84 Å². The molecule has 2 aliphatic rings. The summed E-state index contributed by atoms with van der Waals surface area (Å²) in [7, 11) is 0. The van der Waals surface area contributed by atoms with Crippen LogP contribution in [-0.4, -0.2) is 27.7 Å². The number of aromatic nitrogens is 2. The summed E-state index contributed by atoms with van der Waals surface area (Å²) in [6.07, 6.45) is 1.45. The largest absolute Gasteiger partial charge is 0.508 e. The zero-order chi connectivity index (χ0) is 16.7. The van der Waals surface area contributed by atoms with Crippen molar-refractivity contribution in [3.63, 3.8) is 0 Å². The first-order chi connectivity index (χ1) is 11.6. The molecule has 0 saturated carbocycles. The number of nitrogens with zero attached hydrogens (tertiary/aromatic N) is 1. The number of phenolic OH excluding ortho intramolecular Hbond substituents is 1. The molecule has 0 bridgehead atoms. The SMILES string of the molecule is O=c1[nH]c(=O)n(Cc2ccc(O)cc2)c2c1C1(CCNCC1)OC2. The van der Waals surface area contributed by atoms with E-state index in [0.29, 0.717) is 17.8 Å². The molecular formula is C17H19N3O4. The smallest absolute Gasteiger partial charge is 0.328 e. The Morgan fingerprint density at radius 1 is 1.17 bits per heavy atom. The van der Waals surface area contributed by atoms with Gasteiger partial charge in [-0.2, -0.15) is 0 Å². The maximum Gasteiger partial charge on any atom is 0.328 e. The number of hydrogen-bond donors (Lipinski definition) is 3. The highest BCUT2D eigenvalue weighted by atomic mass is 16.5. The van der Waals surface area contributed by atoms with E-state index in [4.69, 9.17) is 4.74 Å². The topological polar surface area (TPSA) is 96.4 Å². The lowest BCUT2D eigenvalue weighted by Crippen LogP contribution is -2.44. The maximum atomic E-state index is 12.5. The minimum absolute atomic E-state index is 0.176. The molecule has 3 N–H and O–H groups in total. The van der Waals surface area contributed by atoms with E-state index in [1.165, 1.54) is 0 Å². The van der Waals surface area contributed by atoms with Gasteiger partial charge in [-0.05, 0) is 43.6 Å². The minimum Gasteiger partial charge on any atom is -0.508 e. The second kappa shape index (κ2) is 5.61. The molecule has 0 unspecified atom stereocenters. The third-order valence-electron chi connectivity index (χ3n) is 4.94. The molecule has 7 heteroatoms. The summed E-state index contributed by atoms with van der Waals surface area (Å²) in [4.78, 5) is 27.2. The van der Waals surface area contributed by atoms with Crippen LogP contribution in [0.25, 0.3) is 0 Å². The molecule has 1 spiro atoms. The van der Waals surface area contributed by atoms with Gasteiger partial charge in [-0.15, -0.1) is 0 Å². The van der Waals surface area contributed by atoms with Gasteiger partial charge in [0.25, 0.3) is 5.56 Å². The first kappa shape index (κ1) is 15.2. The Hall–Kier alpha value is -2.38. The molecule has 1 saturated heterocycles. The molecule has 0 radical (unpaired) electrons. The fourth-order valence-corrected chi connectivity index (χ4v) is 3.69. The second-order valence-corrected chi connectivity index (χ2v) is 6.37. The number of aromatic amines is 1. The zero-order valence-electron chi connectivity index (χ0n) is 13.2. The molecule has 24 heavy (non-hydrogen) atoms. The Labute approximate surface area is 137 Å². The number of aromatic hydroxyl groups is 1. The van der Waals surface area contributed by atoms with Crippen molar-refractivity contribution in [3.05, 3.63) is 61.9 Å². The molecule has 4 rings (SSSR count). The molecule has 2 aromatic rings. The van der Waals surface area contributed by atoms with Crippen LogP contribution in [0.15, 0.2) is 33.9 Å². The van der Waals surface area contributed by atoms with E-state index >= 15 is 0 Å². The summed E-state index contributed by atoms with van der Waals surface area (Å²) in [5.41, 5.74) is 0.785. The van der Waals surface area contributed by atoms with Gasteiger partial charge < -0.3 is 15.2 Å². The van der Waals surface area contributed by atoms with Gasteiger partial charge in [0.2, 0.25) is 0 Å². The predicted octanol–water partition coefficient (Wildman–Crippen LogP) is 0.399. The number of piperidine rings is 1. The molecule has 7 nitrogen and oxygen atoms in total. The number of fused-ring (bicyclic) bond motifs is 2. The molecule has 1 aromatic carbocycles. The van der Waals surface area contributed by atoms with Crippen LogP contribution in [0.2, 0.25) is 0 Å². The summed E-state index contributed by atoms with van der Waals surface area (Å²) < 4.78 is 7.59. The van der Waals surface area contributed by atoms with Crippen molar-refractivity contribution in [2.45, 2.75) is 31.6 Å². The van der Waals surface area contributed by atoms with E-state index in [1.807, 2.05) is 0 Å². The van der Waals surface area contributed by atoms with Crippen molar-refractivity contribution in [3.8, 4) is 5.75 Å². The third kappa shape index (κ3) is 2.37. The molecule has 2 aliphatic heterocycles. The standard InChI is InChI=1S/C17H19N3O4/c21-12-3-1-11(2-4-12)9-20-13-10-24-17(5-7-18-8-6-17)14(13)15(22)19-16(20)23/h1-4,18,21H,5-10H2,(H,19,22,23). The fourth-order valence-electron chi connectivity index (χ4n) is 3.69. The predicted molar refractivity (Wildman–Crippen MR) is 87.1 cm³/mol. The van der Waals surface area contributed by atoms with E-state index < -0.39 is 11.3 Å². The fraction of sp³-hybridized carbons (Fsp3) is 0.412. The highest BCUT2D eigenvalue weighted by Gasteiger charge is 2.44. The van der Waals surface area contributed by atoms with Crippen molar-refractivity contribution in [2.75, 3.05) is 13.1 Å². The second-order valence-electron chi connectivity index (χ2n) is 6.37. The number of ether oxygens (including phenoxy) is 1. The molecular weight excluding hydrogens is 310 g/mol. The average Bonchev–Trinajstić information content (AvgIpc) is 2.93. The van der Waals surface area contributed by atoms with Crippen molar-refractivity contribution in [1.29, 1.82) is 0 Å². The number of H-pyrrole nitrogens is 1. The molecule has 3 heterocycles. The lowest BCUT2D eigenvalue weighted by molar-refractivity contribution is -0.0602. The van der Waals surface area contributed by atoms with Gasteiger partial charge in [0, 0.05) is 0 Å². The average molecular weight is 329 g/mol. The Morgan fingerprint density at radius 3 is 2.58 bits per heavy atom. The van der Waals surface area contributed by atoms with E-state index in [-0.39, 0.29) is 17.9 Å². The van der Waals surface area contributed by atoms with E-state index in [1.54, 1.807) is 28.8 Å². The molecule has 0 aliphatic carbocycles. The van der Waals surface area contributed by atoms with Crippen LogP contribution in [0.1, 0.15) is 29.7 Å². The highest BCUT2D eigenvalue weighted by molar-refractivity contribution is 5.31. The Kier molecular flexibility index (Phi) is 3.54. The van der Waals surface area contributed by atoms with E-state index in [0.717, 1.165) is 31.5 Å². The monoisotopic (exact) mass is 329 g/mol. The number of phenols is 1. The summed E-state index contributed by atoms with van der Waals surface area (Å²) in [6, 6.07) is 6.68. The molecule has 1 aromatic heterocycles. The normalized spacial score (nSPS) is 18.7. The van der Waals surface area contributed by atoms with Crippen LogP contribution in [0, 0.1) is 0 Å². The lowest BCUT2D eigenvalue weighted by atomic mass is 9.86. The van der Waals surface area contributed by atoms with Crippen LogP contribution >= 0.6 is 0 Å². The number of benzene rings is 1. The van der Waals surface area contributed by atoms with Gasteiger partial charge >= 0.3 is 5.69 Å². The summed E-state index contributed by atoms with van der Waals surface area (Å²) in [5.74, 6) is 0.176. The Balaban J connectivity index is 1.80. The number of rotatable bonds is 2.